The standard InChI is InChI=1S/C15H19NO4S/c1-3-16-15(19)12-6-4-11(5-7-12)10-21-14(18)9-8-13(17)20-2/h4-7H,3,8-10H2,1-2H3,(H,16,19). The molecular weight excluding hydrogens is 290 g/mol. The van der Waals surface area contributed by atoms with E-state index < -0.39 is 0 Å². The Morgan fingerprint density at radius 2 is 1.81 bits per heavy atom. The summed E-state index contributed by atoms with van der Waals surface area (Å²) in [6.45, 7) is 2.45. The first-order valence-corrected chi connectivity index (χ1v) is 7.65. The van der Waals surface area contributed by atoms with E-state index in [1.807, 2.05) is 19.1 Å². The number of benzene rings is 1. The third-order valence-electron chi connectivity index (χ3n) is 2.71. The molecule has 1 aromatic rings. The molecule has 0 aromatic heterocycles. The van der Waals surface area contributed by atoms with E-state index in [-0.39, 0.29) is 29.8 Å². The Balaban J connectivity index is 2.40. The number of amides is 1. The van der Waals surface area contributed by atoms with Gasteiger partial charge in [-0.25, -0.2) is 0 Å². The zero-order chi connectivity index (χ0) is 15.7. The van der Waals surface area contributed by atoms with Gasteiger partial charge in [-0.15, -0.1) is 0 Å². The van der Waals surface area contributed by atoms with Crippen molar-refractivity contribution in [2.75, 3.05) is 13.7 Å². The Morgan fingerprint density at radius 3 is 2.38 bits per heavy atom. The van der Waals surface area contributed by atoms with Crippen LogP contribution in [0, 0.1) is 0 Å². The van der Waals surface area contributed by atoms with Crippen LogP contribution in [0.5, 0.6) is 0 Å². The van der Waals surface area contributed by atoms with Gasteiger partial charge in [0.05, 0.1) is 13.5 Å². The summed E-state index contributed by atoms with van der Waals surface area (Å²) in [5.74, 6) is 0.0384. The van der Waals surface area contributed by atoms with Crippen molar-refractivity contribution in [1.29, 1.82) is 0 Å². The van der Waals surface area contributed by atoms with Gasteiger partial charge in [-0.2, -0.15) is 0 Å². The normalized spacial score (nSPS) is 10.0. The molecule has 6 heteroatoms. The molecule has 0 heterocycles. The molecule has 0 saturated heterocycles. The molecular formula is C15H19NO4S. The fraction of sp³-hybridized carbons (Fsp3) is 0.400. The number of esters is 1. The first-order valence-electron chi connectivity index (χ1n) is 6.66. The number of rotatable bonds is 7. The van der Waals surface area contributed by atoms with Crippen molar-refractivity contribution in [3.05, 3.63) is 35.4 Å². The molecule has 114 valence electrons. The van der Waals surface area contributed by atoms with E-state index in [4.69, 9.17) is 0 Å². The summed E-state index contributed by atoms with van der Waals surface area (Å²) in [6.07, 6.45) is 0.285. The minimum absolute atomic E-state index is 0.0480. The van der Waals surface area contributed by atoms with Crippen LogP contribution in [0.25, 0.3) is 0 Å². The first kappa shape index (κ1) is 17.2. The zero-order valence-corrected chi connectivity index (χ0v) is 13.0. The van der Waals surface area contributed by atoms with Crippen LogP contribution in [0.1, 0.15) is 35.7 Å². The van der Waals surface area contributed by atoms with Crippen molar-refractivity contribution in [1.82, 2.24) is 5.32 Å². The molecule has 0 aliphatic heterocycles. The summed E-state index contributed by atoms with van der Waals surface area (Å²) < 4.78 is 4.48. The van der Waals surface area contributed by atoms with Crippen molar-refractivity contribution in [2.24, 2.45) is 0 Å². The Morgan fingerprint density at radius 1 is 1.14 bits per heavy atom. The summed E-state index contributed by atoms with van der Waals surface area (Å²) in [5.41, 5.74) is 1.56. The number of nitrogens with one attached hydrogen (secondary N) is 1. The Labute approximate surface area is 128 Å². The van der Waals surface area contributed by atoms with E-state index >= 15 is 0 Å². The van der Waals surface area contributed by atoms with Gasteiger partial charge in [0, 0.05) is 24.3 Å². The van der Waals surface area contributed by atoms with Gasteiger partial charge in [-0.3, -0.25) is 14.4 Å². The molecule has 0 bridgehead atoms. The van der Waals surface area contributed by atoms with Crippen molar-refractivity contribution >= 4 is 28.8 Å². The van der Waals surface area contributed by atoms with Crippen LogP contribution in [-0.2, 0) is 20.1 Å². The largest absolute Gasteiger partial charge is 0.469 e. The minimum atomic E-state index is -0.379. The highest BCUT2D eigenvalue weighted by molar-refractivity contribution is 8.12. The lowest BCUT2D eigenvalue weighted by Gasteiger charge is -2.04. The van der Waals surface area contributed by atoms with E-state index in [1.54, 1.807) is 12.1 Å². The van der Waals surface area contributed by atoms with Crippen LogP contribution in [0.3, 0.4) is 0 Å². The monoisotopic (exact) mass is 309 g/mol. The van der Waals surface area contributed by atoms with Gasteiger partial charge in [-0.05, 0) is 24.6 Å². The average Bonchev–Trinajstić information content (AvgIpc) is 2.51. The number of hydrogen-bond acceptors (Lipinski definition) is 5. The Hall–Kier alpha value is -1.82. The highest BCUT2D eigenvalue weighted by Crippen LogP contribution is 2.16. The highest BCUT2D eigenvalue weighted by atomic mass is 32.2. The van der Waals surface area contributed by atoms with E-state index in [0.717, 1.165) is 17.3 Å². The first-order chi connectivity index (χ1) is 10.1. The lowest BCUT2D eigenvalue weighted by atomic mass is 10.1. The number of hydrogen-bond donors (Lipinski definition) is 1. The Kier molecular flexibility index (Phi) is 7.53. The molecule has 1 N–H and O–H groups in total. The number of carbonyl (C=O) groups is 3. The third-order valence-corrected chi connectivity index (χ3v) is 3.72. The maximum absolute atomic E-state index is 11.6. The van der Waals surface area contributed by atoms with Crippen LogP contribution in [0.15, 0.2) is 24.3 Å². The van der Waals surface area contributed by atoms with Crippen molar-refractivity contribution in [3.8, 4) is 0 Å². The quantitative estimate of drug-likeness (QED) is 0.781. The van der Waals surface area contributed by atoms with Gasteiger partial charge >= 0.3 is 5.97 Å². The van der Waals surface area contributed by atoms with Crippen LogP contribution in [0.4, 0.5) is 0 Å². The number of carbonyl (C=O) groups excluding carboxylic acids is 3. The molecule has 21 heavy (non-hydrogen) atoms. The van der Waals surface area contributed by atoms with Gasteiger partial charge in [0.1, 0.15) is 0 Å². The van der Waals surface area contributed by atoms with Gasteiger partial charge < -0.3 is 10.1 Å². The van der Waals surface area contributed by atoms with Crippen molar-refractivity contribution in [3.63, 3.8) is 0 Å². The van der Waals surface area contributed by atoms with E-state index in [2.05, 4.69) is 10.1 Å². The molecule has 1 rings (SSSR count). The average molecular weight is 309 g/mol. The van der Waals surface area contributed by atoms with Gasteiger partial charge in [0.25, 0.3) is 5.91 Å². The topological polar surface area (TPSA) is 72.5 Å². The number of thioether (sulfide) groups is 1. The van der Waals surface area contributed by atoms with Crippen LogP contribution in [0.2, 0.25) is 0 Å². The van der Waals surface area contributed by atoms with Gasteiger partial charge in [0.2, 0.25) is 0 Å². The van der Waals surface area contributed by atoms with Crippen LogP contribution in [-0.4, -0.2) is 30.6 Å². The molecule has 0 fully saturated rings. The maximum atomic E-state index is 11.6. The molecule has 1 amide bonds. The smallest absolute Gasteiger partial charge is 0.305 e. The van der Waals surface area contributed by atoms with Crippen molar-refractivity contribution < 1.29 is 19.1 Å². The number of ether oxygens (including phenoxy) is 1. The lowest BCUT2D eigenvalue weighted by Crippen LogP contribution is -2.22. The number of methoxy groups -OCH3 is 1. The summed E-state index contributed by atoms with van der Waals surface area (Å²) in [5, 5.41) is 2.67. The predicted molar refractivity (Wildman–Crippen MR) is 82.0 cm³/mol. The Bertz CT molecular complexity index is 499. The van der Waals surface area contributed by atoms with Gasteiger partial charge in [-0.1, -0.05) is 23.9 Å². The molecule has 1 aromatic carbocycles. The molecule has 0 radical (unpaired) electrons. The maximum Gasteiger partial charge on any atom is 0.305 e. The summed E-state index contributed by atoms with van der Waals surface area (Å²) in [7, 11) is 1.30. The van der Waals surface area contributed by atoms with E-state index in [1.165, 1.54) is 7.11 Å². The van der Waals surface area contributed by atoms with Crippen LogP contribution >= 0.6 is 11.8 Å². The molecule has 5 nitrogen and oxygen atoms in total. The lowest BCUT2D eigenvalue weighted by molar-refractivity contribution is -0.141. The molecule has 0 atom stereocenters. The second kappa shape index (κ2) is 9.18. The van der Waals surface area contributed by atoms with Gasteiger partial charge in [0.15, 0.2) is 5.12 Å². The van der Waals surface area contributed by atoms with E-state index in [0.29, 0.717) is 17.9 Å². The molecule has 0 spiro atoms. The fourth-order valence-corrected chi connectivity index (χ4v) is 2.32. The molecule has 0 aliphatic carbocycles. The fourth-order valence-electron chi connectivity index (χ4n) is 1.56. The second-order valence-corrected chi connectivity index (χ2v) is 5.33. The predicted octanol–water partition coefficient (Wildman–Crippen LogP) is 2.15. The molecule has 0 unspecified atom stereocenters. The van der Waals surface area contributed by atoms with Crippen molar-refractivity contribution in [2.45, 2.75) is 25.5 Å². The summed E-state index contributed by atoms with van der Waals surface area (Å²) >= 11 is 1.16. The zero-order valence-electron chi connectivity index (χ0n) is 12.2. The second-order valence-electron chi connectivity index (χ2n) is 4.29. The minimum Gasteiger partial charge on any atom is -0.469 e. The highest BCUT2D eigenvalue weighted by Gasteiger charge is 2.08. The molecule has 0 aliphatic rings. The van der Waals surface area contributed by atoms with E-state index in [9.17, 15) is 14.4 Å². The molecule has 0 saturated carbocycles. The third kappa shape index (κ3) is 6.44. The summed E-state index contributed by atoms with van der Waals surface area (Å²) in [6, 6.07) is 7.12. The SMILES string of the molecule is CCNC(=O)c1ccc(CSC(=O)CCC(=O)OC)cc1. The van der Waals surface area contributed by atoms with Crippen LogP contribution < -0.4 is 5.32 Å². The summed E-state index contributed by atoms with van der Waals surface area (Å²) in [4.78, 5) is 34.1.